The van der Waals surface area contributed by atoms with Crippen LogP contribution in [0.2, 0.25) is 0 Å². The fourth-order valence-electron chi connectivity index (χ4n) is 3.49. The Morgan fingerprint density at radius 2 is 1.70 bits per heavy atom. The number of hydrogen-bond acceptors (Lipinski definition) is 5. The number of thiophene rings is 1. The maximum Gasteiger partial charge on any atom is 0.300 e. The van der Waals surface area contributed by atoms with E-state index < -0.39 is 23.5 Å². The van der Waals surface area contributed by atoms with Crippen LogP contribution in [-0.4, -0.2) is 30.9 Å². The highest BCUT2D eigenvalue weighted by molar-refractivity contribution is 7.10. The summed E-state index contributed by atoms with van der Waals surface area (Å²) in [6, 6.07) is 15.3. The van der Waals surface area contributed by atoms with Gasteiger partial charge in [-0.25, -0.2) is 4.39 Å². The van der Waals surface area contributed by atoms with Gasteiger partial charge in [0.2, 0.25) is 0 Å². The van der Waals surface area contributed by atoms with Crippen molar-refractivity contribution >= 4 is 40.2 Å². The van der Waals surface area contributed by atoms with Crippen molar-refractivity contribution in [3.05, 3.63) is 87.9 Å². The first kappa shape index (κ1) is 19.8. The number of rotatable bonds is 4. The van der Waals surface area contributed by atoms with Crippen LogP contribution in [-0.2, 0) is 9.59 Å². The fraction of sp³-hybridized carbons (Fsp3) is 0.130. The van der Waals surface area contributed by atoms with Crippen molar-refractivity contribution in [3.8, 4) is 0 Å². The summed E-state index contributed by atoms with van der Waals surface area (Å²) in [4.78, 5) is 30.0. The zero-order valence-electron chi connectivity index (χ0n) is 16.4. The molecule has 1 aromatic heterocycles. The van der Waals surface area contributed by atoms with Gasteiger partial charge in [-0.3, -0.25) is 14.5 Å². The number of hydrogen-bond donors (Lipinski definition) is 1. The molecule has 2 heterocycles. The van der Waals surface area contributed by atoms with Crippen LogP contribution in [0.3, 0.4) is 0 Å². The highest BCUT2D eigenvalue weighted by Gasteiger charge is 2.47. The lowest BCUT2D eigenvalue weighted by Gasteiger charge is -2.25. The predicted octanol–water partition coefficient (Wildman–Crippen LogP) is 4.58. The number of aliphatic hydroxyl groups excluding tert-OH is 1. The maximum absolute atomic E-state index is 13.3. The van der Waals surface area contributed by atoms with Crippen molar-refractivity contribution in [3.63, 3.8) is 0 Å². The molecule has 0 saturated carbocycles. The maximum atomic E-state index is 13.3. The third-order valence-corrected chi connectivity index (χ3v) is 5.94. The summed E-state index contributed by atoms with van der Waals surface area (Å²) in [6.07, 6.45) is 0. The number of Topliss-reactive ketones (excluding diaryl/α,β-unsaturated/α-hetero) is 1. The molecule has 1 amide bonds. The number of aliphatic hydroxyl groups is 1. The molecule has 1 aliphatic rings. The summed E-state index contributed by atoms with van der Waals surface area (Å²) in [7, 11) is 3.82. The number of carbonyl (C=O) groups excluding carboxylic acids is 2. The minimum atomic E-state index is -0.771. The average molecular weight is 422 g/mol. The lowest BCUT2D eigenvalue weighted by Crippen LogP contribution is -2.29. The number of nitrogens with zero attached hydrogens (tertiary/aromatic N) is 2. The Morgan fingerprint density at radius 3 is 2.27 bits per heavy atom. The third-order valence-electron chi connectivity index (χ3n) is 5.02. The Hall–Kier alpha value is -3.45. The molecule has 1 aliphatic heterocycles. The van der Waals surface area contributed by atoms with E-state index in [0.29, 0.717) is 5.69 Å². The highest BCUT2D eigenvalue weighted by atomic mass is 32.1. The summed E-state index contributed by atoms with van der Waals surface area (Å²) in [6.45, 7) is 0. The minimum absolute atomic E-state index is 0.00857. The van der Waals surface area contributed by atoms with Crippen LogP contribution in [0.25, 0.3) is 5.76 Å². The lowest BCUT2D eigenvalue weighted by atomic mass is 9.99. The molecule has 1 fully saturated rings. The second kappa shape index (κ2) is 7.76. The standard InChI is InChI=1S/C23H19FN2O3S/c1-25(2)16-9-11-17(12-10-16)26-20(18-4-3-13-30-18)19(22(28)23(26)29)21(27)14-5-7-15(24)8-6-14/h3-13,20,27H,1-2H3/b21-19-. The zero-order valence-corrected chi connectivity index (χ0v) is 17.2. The van der Waals surface area contributed by atoms with Crippen LogP contribution in [0.4, 0.5) is 15.8 Å². The van der Waals surface area contributed by atoms with Crippen LogP contribution in [0, 0.1) is 5.82 Å². The van der Waals surface area contributed by atoms with E-state index in [0.717, 1.165) is 10.6 Å². The normalized spacial score (nSPS) is 18.1. The summed E-state index contributed by atoms with van der Waals surface area (Å²) in [5.41, 5.74) is 1.78. The first-order chi connectivity index (χ1) is 14.4. The molecule has 4 rings (SSSR count). The van der Waals surface area contributed by atoms with Crippen LogP contribution in [0.5, 0.6) is 0 Å². The van der Waals surface area contributed by atoms with Gasteiger partial charge >= 0.3 is 0 Å². The van der Waals surface area contributed by atoms with Gasteiger partial charge in [0, 0.05) is 35.9 Å². The second-order valence-corrected chi connectivity index (χ2v) is 8.08. The van der Waals surface area contributed by atoms with Gasteiger partial charge in [0.1, 0.15) is 17.6 Å². The van der Waals surface area contributed by atoms with Crippen molar-refractivity contribution in [2.45, 2.75) is 6.04 Å². The molecule has 1 unspecified atom stereocenters. The van der Waals surface area contributed by atoms with Gasteiger partial charge in [0.25, 0.3) is 11.7 Å². The van der Waals surface area contributed by atoms with Crippen molar-refractivity contribution in [1.82, 2.24) is 0 Å². The van der Waals surface area contributed by atoms with Crippen LogP contribution in [0.15, 0.2) is 71.6 Å². The molecule has 2 aromatic carbocycles. The Labute approximate surface area is 177 Å². The van der Waals surface area contributed by atoms with Crippen molar-refractivity contribution < 1.29 is 19.1 Å². The molecule has 30 heavy (non-hydrogen) atoms. The summed E-state index contributed by atoms with van der Waals surface area (Å²) >= 11 is 1.39. The molecule has 3 aromatic rings. The van der Waals surface area contributed by atoms with Gasteiger partial charge in [-0.2, -0.15) is 0 Å². The van der Waals surface area contributed by atoms with E-state index in [1.807, 2.05) is 48.6 Å². The number of ketones is 1. The van der Waals surface area contributed by atoms with Crippen molar-refractivity contribution in [2.24, 2.45) is 0 Å². The number of amides is 1. The molecular weight excluding hydrogens is 403 g/mol. The Morgan fingerprint density at radius 1 is 1.03 bits per heavy atom. The van der Waals surface area contributed by atoms with Crippen LogP contribution < -0.4 is 9.80 Å². The first-order valence-electron chi connectivity index (χ1n) is 9.26. The van der Waals surface area contributed by atoms with Gasteiger partial charge in [-0.05, 0) is 60.0 Å². The van der Waals surface area contributed by atoms with E-state index in [9.17, 15) is 19.1 Å². The topological polar surface area (TPSA) is 60.9 Å². The van der Waals surface area contributed by atoms with E-state index in [1.165, 1.54) is 40.5 Å². The Kier molecular flexibility index (Phi) is 5.13. The predicted molar refractivity (Wildman–Crippen MR) is 116 cm³/mol. The fourth-order valence-corrected chi connectivity index (χ4v) is 4.31. The molecule has 0 aliphatic carbocycles. The SMILES string of the molecule is CN(C)c1ccc(N2C(=O)C(=O)/C(=C(\O)c3ccc(F)cc3)C2c2cccs2)cc1. The average Bonchev–Trinajstić information content (AvgIpc) is 3.35. The van der Waals surface area contributed by atoms with Gasteiger partial charge in [0.15, 0.2) is 0 Å². The van der Waals surface area contributed by atoms with E-state index >= 15 is 0 Å². The number of anilines is 2. The van der Waals surface area contributed by atoms with Gasteiger partial charge in [-0.1, -0.05) is 6.07 Å². The van der Waals surface area contributed by atoms with E-state index in [1.54, 1.807) is 12.1 Å². The smallest absolute Gasteiger partial charge is 0.300 e. The molecule has 1 saturated heterocycles. The number of benzene rings is 2. The quantitative estimate of drug-likeness (QED) is 0.380. The van der Waals surface area contributed by atoms with Crippen LogP contribution in [0.1, 0.15) is 16.5 Å². The van der Waals surface area contributed by atoms with Gasteiger partial charge < -0.3 is 10.0 Å². The van der Waals surface area contributed by atoms with E-state index in [2.05, 4.69) is 0 Å². The van der Waals surface area contributed by atoms with Crippen LogP contribution >= 0.6 is 11.3 Å². The molecular formula is C23H19FN2O3S. The van der Waals surface area contributed by atoms with E-state index in [4.69, 9.17) is 0 Å². The summed E-state index contributed by atoms with van der Waals surface area (Å²) in [5.74, 6) is -2.26. The highest BCUT2D eigenvalue weighted by Crippen LogP contribution is 2.43. The lowest BCUT2D eigenvalue weighted by molar-refractivity contribution is -0.132. The molecule has 7 heteroatoms. The third kappa shape index (κ3) is 3.37. The van der Waals surface area contributed by atoms with Gasteiger partial charge in [-0.15, -0.1) is 11.3 Å². The minimum Gasteiger partial charge on any atom is -0.507 e. The summed E-state index contributed by atoms with van der Waals surface area (Å²) < 4.78 is 13.3. The molecule has 152 valence electrons. The Balaban J connectivity index is 1.87. The number of halogens is 1. The molecule has 0 radical (unpaired) electrons. The summed E-state index contributed by atoms with van der Waals surface area (Å²) in [5, 5.41) is 12.8. The molecule has 0 bridgehead atoms. The first-order valence-corrected chi connectivity index (χ1v) is 10.1. The van der Waals surface area contributed by atoms with E-state index in [-0.39, 0.29) is 16.9 Å². The molecule has 1 atom stereocenters. The second-order valence-electron chi connectivity index (χ2n) is 7.10. The molecule has 0 spiro atoms. The Bertz CT molecular complexity index is 1120. The molecule has 5 nitrogen and oxygen atoms in total. The monoisotopic (exact) mass is 422 g/mol. The van der Waals surface area contributed by atoms with Crippen molar-refractivity contribution in [1.29, 1.82) is 0 Å². The zero-order chi connectivity index (χ0) is 21.4. The molecule has 1 N–H and O–H groups in total. The number of carbonyl (C=O) groups is 2. The van der Waals surface area contributed by atoms with Gasteiger partial charge in [0.05, 0.1) is 5.57 Å². The van der Waals surface area contributed by atoms with Crippen molar-refractivity contribution in [2.75, 3.05) is 23.9 Å². The largest absolute Gasteiger partial charge is 0.507 e.